The van der Waals surface area contributed by atoms with Crippen LogP contribution in [0, 0.1) is 11.3 Å². The third-order valence-corrected chi connectivity index (χ3v) is 8.42. The number of nitrogens with zero attached hydrogens (tertiary/aromatic N) is 2. The summed E-state index contributed by atoms with van der Waals surface area (Å²) >= 11 is -0.146. The zero-order chi connectivity index (χ0) is 24.6. The third-order valence-electron chi connectivity index (χ3n) is 6.29. The summed E-state index contributed by atoms with van der Waals surface area (Å²) in [6.07, 6.45) is 1.76. The van der Waals surface area contributed by atoms with Crippen LogP contribution in [0.2, 0.25) is 0 Å². The molecule has 0 amide bonds. The van der Waals surface area contributed by atoms with E-state index in [0.29, 0.717) is 16.7 Å². The van der Waals surface area contributed by atoms with Crippen LogP contribution in [0.4, 0.5) is 15.9 Å². The maximum absolute atomic E-state index is 12.9. The summed E-state index contributed by atoms with van der Waals surface area (Å²) in [5.74, 6) is -0.419. The first-order valence-corrected chi connectivity index (χ1v) is 13.1. The molecule has 5 aromatic rings. The molecule has 36 heavy (non-hydrogen) atoms. The van der Waals surface area contributed by atoms with Crippen molar-refractivity contribution in [3.8, 4) is 6.07 Å². The van der Waals surface area contributed by atoms with Crippen molar-refractivity contribution in [2.24, 2.45) is 0 Å². The molecule has 0 unspecified atom stereocenters. The van der Waals surface area contributed by atoms with Crippen LogP contribution in [0.25, 0.3) is 16.8 Å². The van der Waals surface area contributed by atoms with Crippen LogP contribution in [0.1, 0.15) is 30.7 Å². The molecular weight excluding hydrogens is 511 g/mol. The monoisotopic (exact) mass is 530 g/mol. The van der Waals surface area contributed by atoms with E-state index in [1.165, 1.54) is 0 Å². The van der Waals surface area contributed by atoms with E-state index in [2.05, 4.69) is 41.3 Å². The first-order chi connectivity index (χ1) is 17.6. The van der Waals surface area contributed by atoms with E-state index in [0.717, 1.165) is 31.1 Å². The van der Waals surface area contributed by atoms with Crippen LogP contribution in [-0.4, -0.2) is 26.1 Å². The fourth-order valence-electron chi connectivity index (χ4n) is 4.56. The van der Waals surface area contributed by atoms with Gasteiger partial charge in [-0.25, -0.2) is 0 Å². The van der Waals surface area contributed by atoms with Crippen molar-refractivity contribution < 1.29 is 9.59 Å². The maximum atomic E-state index is 12.9. The Kier molecular flexibility index (Phi) is 5.47. The Morgan fingerprint density at radius 2 is 1.39 bits per heavy atom. The third kappa shape index (κ3) is 3.70. The van der Waals surface area contributed by atoms with Crippen LogP contribution < -0.4 is 4.90 Å². The number of hydrogen-bond acceptors (Lipinski definition) is 4. The molecule has 1 heterocycles. The molecule has 0 spiro atoms. The molecule has 0 saturated heterocycles. The summed E-state index contributed by atoms with van der Waals surface area (Å²) in [6.45, 7) is 0. The van der Waals surface area contributed by atoms with Crippen LogP contribution in [0.15, 0.2) is 109 Å². The van der Waals surface area contributed by atoms with E-state index in [1.54, 1.807) is 30.3 Å². The number of allylic oxidation sites excluding steroid dienone is 1. The molecule has 170 valence electrons. The Balaban J connectivity index is 1.46. The van der Waals surface area contributed by atoms with Gasteiger partial charge in [0.15, 0.2) is 0 Å². The first kappa shape index (κ1) is 22.0. The number of rotatable bonds is 4. The van der Waals surface area contributed by atoms with Crippen molar-refractivity contribution in [2.45, 2.75) is 0 Å². The van der Waals surface area contributed by atoms with Gasteiger partial charge < -0.3 is 0 Å². The van der Waals surface area contributed by atoms with E-state index in [9.17, 15) is 14.9 Å². The van der Waals surface area contributed by atoms with Crippen LogP contribution >= 0.6 is 0 Å². The topological polar surface area (TPSA) is 61.2 Å². The first-order valence-electron chi connectivity index (χ1n) is 11.4. The van der Waals surface area contributed by atoms with Crippen molar-refractivity contribution in [1.29, 1.82) is 5.26 Å². The molecule has 0 bridgehead atoms. The van der Waals surface area contributed by atoms with Gasteiger partial charge in [0.05, 0.1) is 0 Å². The number of Topliss-reactive ketones (excluding diaryl/α,β-unsaturated/α-hetero) is 2. The molecule has 0 atom stereocenters. The van der Waals surface area contributed by atoms with Gasteiger partial charge >= 0.3 is 215 Å². The molecule has 0 saturated carbocycles. The van der Waals surface area contributed by atoms with Crippen molar-refractivity contribution in [3.63, 3.8) is 0 Å². The predicted molar refractivity (Wildman–Crippen MR) is 143 cm³/mol. The number of nitriles is 1. The molecule has 0 radical (unpaired) electrons. The summed E-state index contributed by atoms with van der Waals surface area (Å²) in [6, 6.07) is 35.2. The van der Waals surface area contributed by atoms with Gasteiger partial charge in [-0.05, 0) is 0 Å². The molecule has 1 aromatic heterocycles. The van der Waals surface area contributed by atoms with Gasteiger partial charge in [0, 0.05) is 0 Å². The van der Waals surface area contributed by atoms with Gasteiger partial charge in [-0.3, -0.25) is 0 Å². The van der Waals surface area contributed by atoms with E-state index in [1.807, 2.05) is 48.5 Å². The van der Waals surface area contributed by atoms with Crippen molar-refractivity contribution in [2.75, 3.05) is 4.90 Å². The normalized spacial score (nSPS) is 12.5. The molecule has 0 fully saturated rings. The average Bonchev–Trinajstić information content (AvgIpc) is 3.48. The zero-order valence-corrected chi connectivity index (χ0v) is 20.7. The molecule has 1 aliphatic rings. The second kappa shape index (κ2) is 8.94. The zero-order valence-electron chi connectivity index (χ0n) is 19.0. The van der Waals surface area contributed by atoms with Gasteiger partial charge in [0.2, 0.25) is 0 Å². The fourth-order valence-corrected chi connectivity index (χ4v) is 6.63. The SMILES string of the molecule is N#Cc1ccc(N(c2ccc(C=C3C(=O)c4ccccc4C3=O)[se]2)c2cccc3ccccc23)cc1. The molecule has 1 aliphatic carbocycles. The Hall–Kier alpha value is -4.49. The minimum absolute atomic E-state index is 0.146. The summed E-state index contributed by atoms with van der Waals surface area (Å²) in [4.78, 5) is 28.0. The molecule has 4 aromatic carbocycles. The summed E-state index contributed by atoms with van der Waals surface area (Å²) in [7, 11) is 0. The van der Waals surface area contributed by atoms with E-state index < -0.39 is 0 Å². The number of carbonyl (C=O) groups excluding carboxylic acids is 2. The molecule has 5 heteroatoms. The number of carbonyl (C=O) groups is 2. The van der Waals surface area contributed by atoms with Crippen molar-refractivity contribution in [1.82, 2.24) is 0 Å². The van der Waals surface area contributed by atoms with Gasteiger partial charge in [-0.2, -0.15) is 0 Å². The van der Waals surface area contributed by atoms with Crippen molar-refractivity contribution in [3.05, 3.63) is 130 Å². The average molecular weight is 529 g/mol. The van der Waals surface area contributed by atoms with E-state index >= 15 is 0 Å². The van der Waals surface area contributed by atoms with Gasteiger partial charge in [-0.15, -0.1) is 0 Å². The molecule has 4 nitrogen and oxygen atoms in total. The molecule has 6 rings (SSSR count). The molecule has 0 N–H and O–H groups in total. The summed E-state index contributed by atoms with van der Waals surface area (Å²) in [5.41, 5.74) is 3.76. The van der Waals surface area contributed by atoms with Crippen LogP contribution in [0.5, 0.6) is 0 Å². The summed E-state index contributed by atoms with van der Waals surface area (Å²) < 4.78 is 2.03. The van der Waals surface area contributed by atoms with Crippen LogP contribution in [0.3, 0.4) is 0 Å². The minimum atomic E-state index is -0.209. The quantitative estimate of drug-likeness (QED) is 0.148. The molecule has 0 aliphatic heterocycles. The number of benzene rings is 4. The number of hydrogen-bond donors (Lipinski definition) is 0. The second-order valence-corrected chi connectivity index (χ2v) is 10.7. The number of fused-ring (bicyclic) bond motifs is 2. The van der Waals surface area contributed by atoms with E-state index in [-0.39, 0.29) is 31.6 Å². The van der Waals surface area contributed by atoms with Crippen LogP contribution in [-0.2, 0) is 0 Å². The standard InChI is InChI=1S/C31H18N2O2Se/c32-19-20-12-14-22(15-13-20)33(28-11-5-7-21-6-1-2-8-24(21)28)29-17-16-23(36-29)18-27-30(34)25-9-3-4-10-26(25)31(27)35/h1-18H. The Bertz CT molecular complexity index is 1700. The number of anilines is 3. The second-order valence-electron chi connectivity index (χ2n) is 8.43. The van der Waals surface area contributed by atoms with Crippen molar-refractivity contribution >= 4 is 58.9 Å². The van der Waals surface area contributed by atoms with Gasteiger partial charge in [0.25, 0.3) is 0 Å². The Morgan fingerprint density at radius 1 is 0.722 bits per heavy atom. The van der Waals surface area contributed by atoms with Gasteiger partial charge in [-0.1, -0.05) is 0 Å². The van der Waals surface area contributed by atoms with E-state index in [4.69, 9.17) is 0 Å². The Morgan fingerprint density at radius 3 is 2.11 bits per heavy atom. The molecular formula is C31H18N2O2Se. The predicted octanol–water partition coefficient (Wildman–Crippen LogP) is 6.70. The fraction of sp³-hybridized carbons (Fsp3) is 0. The summed E-state index contributed by atoms with van der Waals surface area (Å²) in [5, 5.41) is 11.5. The number of ketones is 2. The Labute approximate surface area is 214 Å². The van der Waals surface area contributed by atoms with Gasteiger partial charge in [0.1, 0.15) is 0 Å².